The van der Waals surface area contributed by atoms with Crippen molar-refractivity contribution in [1.29, 1.82) is 0 Å². The van der Waals surface area contributed by atoms with Gasteiger partial charge in [0.1, 0.15) is 0 Å². The number of nitrogens with zero attached hydrogens (tertiary/aromatic N) is 2. The van der Waals surface area contributed by atoms with E-state index in [-0.39, 0.29) is 0 Å². The zero-order chi connectivity index (χ0) is 11.5. The Morgan fingerprint density at radius 1 is 0.929 bits per heavy atom. The van der Waals surface area contributed by atoms with Crippen molar-refractivity contribution in [3.63, 3.8) is 0 Å². The summed E-state index contributed by atoms with van der Waals surface area (Å²) >= 11 is 0. The first-order valence-electron chi connectivity index (χ1n) is 3.92. The third kappa shape index (κ3) is 2.89. The van der Waals surface area contributed by atoms with Gasteiger partial charge in [0.05, 0.1) is 0 Å². The van der Waals surface area contributed by atoms with Crippen LogP contribution in [0.3, 0.4) is 0 Å². The van der Waals surface area contributed by atoms with Gasteiger partial charge in [0.2, 0.25) is 12.1 Å². The summed E-state index contributed by atoms with van der Waals surface area (Å²) in [5.41, 5.74) is 0. The van der Waals surface area contributed by atoms with Gasteiger partial charge in [-0.1, -0.05) is 0 Å². The Morgan fingerprint density at radius 3 is 1.29 bits per heavy atom. The van der Waals surface area contributed by atoms with E-state index in [1.54, 1.807) is 0 Å². The van der Waals surface area contributed by atoms with Crippen LogP contribution < -0.4 is 0 Å². The lowest BCUT2D eigenvalue weighted by Crippen LogP contribution is -2.47. The number of hydrogen-bond donors (Lipinski definition) is 2. The molecule has 0 aromatic heterocycles. The minimum Gasteiger partial charge on any atom is -0.383 e. The van der Waals surface area contributed by atoms with E-state index in [9.17, 15) is 30.4 Å². The maximum Gasteiger partial charge on any atom is 0.238 e. The van der Waals surface area contributed by atoms with E-state index in [1.165, 1.54) is 0 Å². The molecule has 82 valence electrons. The molecule has 0 fully saturated rings. The van der Waals surface area contributed by atoms with Crippen molar-refractivity contribution in [2.75, 3.05) is 0 Å². The molecule has 2 N–H and O–H groups in total. The molecule has 14 heavy (non-hydrogen) atoms. The molecule has 0 aliphatic heterocycles. The van der Waals surface area contributed by atoms with Crippen molar-refractivity contribution in [2.45, 2.75) is 38.1 Å². The Labute approximate surface area is 79.5 Å². The second-order valence-corrected chi connectivity index (χ2v) is 3.03. The Kier molecular flexibility index (Phi) is 4.38. The molecule has 0 unspecified atom stereocenters. The van der Waals surface area contributed by atoms with Gasteiger partial charge in [-0.2, -0.15) is 0 Å². The second-order valence-electron chi connectivity index (χ2n) is 3.03. The molecule has 0 aliphatic rings. The highest BCUT2D eigenvalue weighted by Gasteiger charge is 2.39. The number of rotatable bonds is 5. The normalized spacial score (nSPS) is 19.4. The lowest BCUT2D eigenvalue weighted by atomic mass is 10.0. The predicted octanol–water partition coefficient (Wildman–Crippen LogP) is -0.961. The van der Waals surface area contributed by atoms with Gasteiger partial charge in [-0.05, 0) is 0 Å². The molecule has 0 saturated heterocycles. The zero-order valence-corrected chi connectivity index (χ0v) is 7.73. The van der Waals surface area contributed by atoms with E-state index >= 15 is 0 Å². The van der Waals surface area contributed by atoms with Gasteiger partial charge >= 0.3 is 0 Å². The first kappa shape index (κ1) is 12.7. The summed E-state index contributed by atoms with van der Waals surface area (Å²) in [7, 11) is 0. The molecule has 0 amide bonds. The summed E-state index contributed by atoms with van der Waals surface area (Å²) in [4.78, 5) is 18.8. The van der Waals surface area contributed by atoms with E-state index in [4.69, 9.17) is 0 Å². The van der Waals surface area contributed by atoms with E-state index in [0.717, 1.165) is 13.8 Å². The molecule has 0 heterocycles. The SMILES string of the molecule is C[C@H]([C@H](O)[C@@H](O)[C@@H](C)[N+](=O)[O-])[N+](=O)[O-]. The fourth-order valence-electron chi connectivity index (χ4n) is 0.820. The van der Waals surface area contributed by atoms with Gasteiger partial charge in [0.15, 0.2) is 12.2 Å². The number of hydrogen-bond acceptors (Lipinski definition) is 6. The summed E-state index contributed by atoms with van der Waals surface area (Å²) in [6, 6.07) is -2.88. The van der Waals surface area contributed by atoms with Crippen LogP contribution in [-0.2, 0) is 0 Å². The third-order valence-electron chi connectivity index (χ3n) is 2.00. The summed E-state index contributed by atoms with van der Waals surface area (Å²) in [5.74, 6) is 0. The molecular formula is C6H12N2O6. The highest BCUT2D eigenvalue weighted by Crippen LogP contribution is 2.08. The standard InChI is InChI=1S/C6H12N2O6/c1-3(7(11)12)5(9)6(10)4(2)8(13)14/h3-6,9-10H,1-2H3/t3-,4-,5+,6+/m1/s1. The van der Waals surface area contributed by atoms with Crippen molar-refractivity contribution < 1.29 is 20.1 Å². The first-order valence-corrected chi connectivity index (χ1v) is 3.92. The van der Waals surface area contributed by atoms with Crippen LogP contribution in [0.2, 0.25) is 0 Å². The number of aliphatic hydroxyl groups is 2. The molecule has 0 aliphatic carbocycles. The summed E-state index contributed by atoms with van der Waals surface area (Å²) < 4.78 is 0. The highest BCUT2D eigenvalue weighted by molar-refractivity contribution is 4.76. The van der Waals surface area contributed by atoms with Gasteiger partial charge in [0, 0.05) is 23.7 Å². The van der Waals surface area contributed by atoms with Crippen LogP contribution in [-0.4, -0.2) is 44.4 Å². The Morgan fingerprint density at radius 2 is 1.14 bits per heavy atom. The zero-order valence-electron chi connectivity index (χ0n) is 7.73. The minimum absolute atomic E-state index is 0.805. The van der Waals surface area contributed by atoms with Crippen LogP contribution >= 0.6 is 0 Å². The fraction of sp³-hybridized carbons (Fsp3) is 1.00. The van der Waals surface area contributed by atoms with Crippen molar-refractivity contribution in [3.05, 3.63) is 20.2 Å². The molecule has 0 bridgehead atoms. The maximum atomic E-state index is 10.2. The molecule has 0 aromatic carbocycles. The van der Waals surface area contributed by atoms with Gasteiger partial charge in [-0.25, -0.2) is 0 Å². The van der Waals surface area contributed by atoms with Crippen LogP contribution in [0, 0.1) is 20.2 Å². The van der Waals surface area contributed by atoms with Gasteiger partial charge in [-0.15, -0.1) is 0 Å². The monoisotopic (exact) mass is 208 g/mol. The molecule has 0 spiro atoms. The van der Waals surface area contributed by atoms with Crippen LogP contribution in [0.5, 0.6) is 0 Å². The number of aliphatic hydroxyl groups excluding tert-OH is 2. The average molecular weight is 208 g/mol. The Hall–Kier alpha value is -1.28. The molecule has 0 rings (SSSR count). The largest absolute Gasteiger partial charge is 0.383 e. The van der Waals surface area contributed by atoms with Crippen LogP contribution in [0.4, 0.5) is 0 Å². The molecule has 0 saturated carbocycles. The molecular weight excluding hydrogens is 196 g/mol. The molecule has 8 nitrogen and oxygen atoms in total. The smallest absolute Gasteiger partial charge is 0.238 e. The predicted molar refractivity (Wildman–Crippen MR) is 44.9 cm³/mol. The second kappa shape index (κ2) is 4.82. The Bertz CT molecular complexity index is 208. The van der Waals surface area contributed by atoms with E-state index in [1.807, 2.05) is 0 Å². The van der Waals surface area contributed by atoms with Gasteiger partial charge < -0.3 is 10.2 Å². The fourth-order valence-corrected chi connectivity index (χ4v) is 0.820. The minimum atomic E-state index is -1.74. The summed E-state index contributed by atoms with van der Waals surface area (Å²) in [5, 5.41) is 38.8. The third-order valence-corrected chi connectivity index (χ3v) is 2.00. The van der Waals surface area contributed by atoms with Crippen LogP contribution in [0.15, 0.2) is 0 Å². The van der Waals surface area contributed by atoms with Gasteiger partial charge in [0.25, 0.3) is 0 Å². The van der Waals surface area contributed by atoms with Crippen LogP contribution in [0.1, 0.15) is 13.8 Å². The van der Waals surface area contributed by atoms with Gasteiger partial charge in [-0.3, -0.25) is 20.2 Å². The molecule has 0 aromatic rings. The average Bonchev–Trinajstić information content (AvgIpc) is 2.12. The summed E-state index contributed by atoms with van der Waals surface area (Å²) in [6.45, 7) is 2.14. The topological polar surface area (TPSA) is 127 Å². The lowest BCUT2D eigenvalue weighted by Gasteiger charge is -2.19. The van der Waals surface area contributed by atoms with Crippen molar-refractivity contribution in [2.24, 2.45) is 0 Å². The number of nitro groups is 2. The van der Waals surface area contributed by atoms with Crippen molar-refractivity contribution in [1.82, 2.24) is 0 Å². The first-order chi connectivity index (χ1) is 6.29. The van der Waals surface area contributed by atoms with Crippen molar-refractivity contribution >= 4 is 0 Å². The maximum absolute atomic E-state index is 10.2. The van der Waals surface area contributed by atoms with Crippen LogP contribution in [0.25, 0.3) is 0 Å². The Balaban J connectivity index is 4.45. The van der Waals surface area contributed by atoms with E-state index < -0.39 is 34.1 Å². The highest BCUT2D eigenvalue weighted by atomic mass is 16.6. The molecule has 8 heteroatoms. The summed E-state index contributed by atoms with van der Waals surface area (Å²) in [6.07, 6.45) is -3.49. The van der Waals surface area contributed by atoms with Crippen molar-refractivity contribution in [3.8, 4) is 0 Å². The molecule has 0 radical (unpaired) electrons. The van der Waals surface area contributed by atoms with E-state index in [0.29, 0.717) is 0 Å². The lowest BCUT2D eigenvalue weighted by molar-refractivity contribution is -0.553. The quantitative estimate of drug-likeness (QED) is 0.442. The van der Waals surface area contributed by atoms with E-state index in [2.05, 4.69) is 0 Å². The molecule has 4 atom stereocenters.